The Morgan fingerprint density at radius 2 is 1.75 bits per heavy atom. The van der Waals surface area contributed by atoms with E-state index < -0.39 is 0 Å². The summed E-state index contributed by atoms with van der Waals surface area (Å²) in [7, 11) is 0. The highest BCUT2D eigenvalue weighted by Gasteiger charge is 2.22. The molecule has 0 bridgehead atoms. The zero-order valence-corrected chi connectivity index (χ0v) is 13.6. The smallest absolute Gasteiger partial charge is 0.0452 e. The van der Waals surface area contributed by atoms with Crippen LogP contribution in [0.3, 0.4) is 0 Å². The minimum atomic E-state index is 0.677. The standard InChI is InChI=1S/C17H25Cl2N/c18-16-10-5-11-17(19)15(16)9-4-8-14(12-20)13-6-2-1-3-7-13/h5,10-11,13-14H,1-4,6-9,12,20H2. The Bertz CT molecular complexity index is 393. The van der Waals surface area contributed by atoms with Gasteiger partial charge in [0.05, 0.1) is 0 Å². The van der Waals surface area contributed by atoms with Crippen molar-refractivity contribution in [3.05, 3.63) is 33.8 Å². The quantitative estimate of drug-likeness (QED) is 0.740. The van der Waals surface area contributed by atoms with Crippen molar-refractivity contribution in [2.45, 2.75) is 51.4 Å². The van der Waals surface area contributed by atoms with Gasteiger partial charge in [-0.25, -0.2) is 0 Å². The van der Waals surface area contributed by atoms with Crippen LogP contribution < -0.4 is 5.73 Å². The lowest BCUT2D eigenvalue weighted by Gasteiger charge is -2.29. The summed E-state index contributed by atoms with van der Waals surface area (Å²) in [5, 5.41) is 1.58. The molecule has 0 heterocycles. The molecule has 2 N–H and O–H groups in total. The first-order valence-electron chi connectivity index (χ1n) is 7.85. The van der Waals surface area contributed by atoms with Crippen LogP contribution in [0.15, 0.2) is 18.2 Å². The number of halogens is 2. The highest BCUT2D eigenvalue weighted by atomic mass is 35.5. The molecule has 0 saturated heterocycles. The number of nitrogens with two attached hydrogens (primary N) is 1. The van der Waals surface area contributed by atoms with Crippen molar-refractivity contribution >= 4 is 23.2 Å². The monoisotopic (exact) mass is 313 g/mol. The van der Waals surface area contributed by atoms with E-state index in [1.807, 2.05) is 18.2 Å². The maximum Gasteiger partial charge on any atom is 0.0452 e. The molecule has 112 valence electrons. The van der Waals surface area contributed by atoms with Gasteiger partial charge in [-0.15, -0.1) is 0 Å². The molecule has 0 aliphatic heterocycles. The van der Waals surface area contributed by atoms with Crippen LogP contribution in [0.1, 0.15) is 50.5 Å². The molecule has 1 atom stereocenters. The molecule has 1 unspecified atom stereocenters. The summed E-state index contributed by atoms with van der Waals surface area (Å²) >= 11 is 12.4. The molecule has 0 spiro atoms. The van der Waals surface area contributed by atoms with Crippen LogP contribution >= 0.6 is 23.2 Å². The van der Waals surface area contributed by atoms with Crippen LogP contribution in [0.25, 0.3) is 0 Å². The molecule has 3 heteroatoms. The predicted molar refractivity (Wildman–Crippen MR) is 88.5 cm³/mol. The molecule has 1 aliphatic carbocycles. The van der Waals surface area contributed by atoms with Crippen LogP contribution in [0.4, 0.5) is 0 Å². The van der Waals surface area contributed by atoms with Crippen LogP contribution in [0.2, 0.25) is 10.0 Å². The van der Waals surface area contributed by atoms with Crippen molar-refractivity contribution in [1.29, 1.82) is 0 Å². The predicted octanol–water partition coefficient (Wildman–Crippen LogP) is 5.47. The second kappa shape index (κ2) is 8.26. The molecule has 0 aromatic heterocycles. The van der Waals surface area contributed by atoms with E-state index in [-0.39, 0.29) is 0 Å². The van der Waals surface area contributed by atoms with Crippen LogP contribution in [0, 0.1) is 11.8 Å². The molecule has 1 aromatic rings. The van der Waals surface area contributed by atoms with Gasteiger partial charge in [-0.1, -0.05) is 61.4 Å². The van der Waals surface area contributed by atoms with Gasteiger partial charge in [0.2, 0.25) is 0 Å². The Morgan fingerprint density at radius 3 is 2.35 bits per heavy atom. The van der Waals surface area contributed by atoms with Crippen molar-refractivity contribution in [2.24, 2.45) is 17.6 Å². The van der Waals surface area contributed by atoms with Crippen molar-refractivity contribution < 1.29 is 0 Å². The third kappa shape index (κ3) is 4.38. The van der Waals surface area contributed by atoms with Gasteiger partial charge in [-0.2, -0.15) is 0 Å². The largest absolute Gasteiger partial charge is 0.330 e. The molecule has 2 rings (SSSR count). The minimum absolute atomic E-state index is 0.677. The first-order chi connectivity index (χ1) is 9.72. The Kier molecular flexibility index (Phi) is 6.67. The van der Waals surface area contributed by atoms with Gasteiger partial charge in [0.15, 0.2) is 0 Å². The second-order valence-corrected chi connectivity index (χ2v) is 6.80. The summed E-state index contributed by atoms with van der Waals surface area (Å²) in [6, 6.07) is 5.74. The molecular formula is C17H25Cl2N. The van der Waals surface area contributed by atoms with Crippen molar-refractivity contribution in [3.63, 3.8) is 0 Å². The van der Waals surface area contributed by atoms with E-state index in [0.717, 1.165) is 40.9 Å². The molecule has 1 aliphatic rings. The maximum atomic E-state index is 6.22. The molecular weight excluding hydrogens is 289 g/mol. The van der Waals surface area contributed by atoms with Gasteiger partial charge < -0.3 is 5.73 Å². The minimum Gasteiger partial charge on any atom is -0.330 e. The van der Waals surface area contributed by atoms with Gasteiger partial charge in [0, 0.05) is 10.0 Å². The summed E-state index contributed by atoms with van der Waals surface area (Å²) in [6.07, 6.45) is 10.2. The fraction of sp³-hybridized carbons (Fsp3) is 0.647. The van der Waals surface area contributed by atoms with Gasteiger partial charge in [-0.3, -0.25) is 0 Å². The average molecular weight is 314 g/mol. The van der Waals surface area contributed by atoms with Gasteiger partial charge in [0.25, 0.3) is 0 Å². The van der Waals surface area contributed by atoms with Crippen molar-refractivity contribution in [1.82, 2.24) is 0 Å². The Balaban J connectivity index is 1.84. The first-order valence-corrected chi connectivity index (χ1v) is 8.61. The Hall–Kier alpha value is -0.240. The first kappa shape index (κ1) is 16.1. The number of benzene rings is 1. The fourth-order valence-electron chi connectivity index (χ4n) is 3.46. The summed E-state index contributed by atoms with van der Waals surface area (Å²) < 4.78 is 0. The number of hydrogen-bond acceptors (Lipinski definition) is 1. The van der Waals surface area contributed by atoms with Gasteiger partial charge in [0.1, 0.15) is 0 Å². The summed E-state index contributed by atoms with van der Waals surface area (Å²) in [6.45, 7) is 0.820. The molecule has 1 fully saturated rings. The number of rotatable bonds is 6. The van der Waals surface area contributed by atoms with Crippen molar-refractivity contribution in [3.8, 4) is 0 Å². The van der Waals surface area contributed by atoms with Crippen LogP contribution in [0.5, 0.6) is 0 Å². The summed E-state index contributed by atoms with van der Waals surface area (Å²) in [4.78, 5) is 0. The van der Waals surface area contributed by atoms with E-state index in [9.17, 15) is 0 Å². The van der Waals surface area contributed by atoms with E-state index in [4.69, 9.17) is 28.9 Å². The average Bonchev–Trinajstić information content (AvgIpc) is 2.47. The van der Waals surface area contributed by atoms with Crippen LogP contribution in [-0.2, 0) is 6.42 Å². The third-order valence-corrected chi connectivity index (χ3v) is 5.39. The molecule has 1 aromatic carbocycles. The van der Waals surface area contributed by atoms with E-state index >= 15 is 0 Å². The summed E-state index contributed by atoms with van der Waals surface area (Å²) in [5.74, 6) is 1.52. The normalized spacial score (nSPS) is 18.1. The molecule has 20 heavy (non-hydrogen) atoms. The molecule has 0 amide bonds. The lowest BCUT2D eigenvalue weighted by atomic mass is 9.78. The highest BCUT2D eigenvalue weighted by molar-refractivity contribution is 6.35. The zero-order valence-electron chi connectivity index (χ0n) is 12.1. The van der Waals surface area contributed by atoms with Gasteiger partial charge in [-0.05, 0) is 55.3 Å². The van der Waals surface area contributed by atoms with E-state index in [1.54, 1.807) is 0 Å². The molecule has 1 saturated carbocycles. The Morgan fingerprint density at radius 1 is 1.10 bits per heavy atom. The van der Waals surface area contributed by atoms with Crippen molar-refractivity contribution in [2.75, 3.05) is 6.54 Å². The SMILES string of the molecule is NCC(CCCc1c(Cl)cccc1Cl)C1CCCCC1. The van der Waals surface area contributed by atoms with Gasteiger partial charge >= 0.3 is 0 Å². The molecule has 1 nitrogen and oxygen atoms in total. The second-order valence-electron chi connectivity index (χ2n) is 5.99. The lowest BCUT2D eigenvalue weighted by Crippen LogP contribution is -2.25. The maximum absolute atomic E-state index is 6.22. The van der Waals surface area contributed by atoms with E-state index in [1.165, 1.54) is 38.5 Å². The van der Waals surface area contributed by atoms with E-state index in [2.05, 4.69) is 0 Å². The van der Waals surface area contributed by atoms with E-state index in [0.29, 0.717) is 5.92 Å². The highest BCUT2D eigenvalue weighted by Crippen LogP contribution is 2.33. The topological polar surface area (TPSA) is 26.0 Å². The zero-order chi connectivity index (χ0) is 14.4. The molecule has 0 radical (unpaired) electrons. The lowest BCUT2D eigenvalue weighted by molar-refractivity contribution is 0.238. The fourth-order valence-corrected chi connectivity index (χ4v) is 4.05. The summed E-state index contributed by atoms with van der Waals surface area (Å²) in [5.41, 5.74) is 7.08. The third-order valence-electron chi connectivity index (χ3n) is 4.68. The number of hydrogen-bond donors (Lipinski definition) is 1. The van der Waals surface area contributed by atoms with Crippen LogP contribution in [-0.4, -0.2) is 6.54 Å². The Labute approximate surface area is 132 Å².